The van der Waals surface area contributed by atoms with Crippen molar-refractivity contribution < 1.29 is 19.4 Å². The van der Waals surface area contributed by atoms with Gasteiger partial charge in [0.1, 0.15) is 6.23 Å². The molecule has 7 nitrogen and oxygen atoms in total. The quantitative estimate of drug-likeness (QED) is 0.678. The van der Waals surface area contributed by atoms with E-state index in [0.29, 0.717) is 24.1 Å². The smallest absolute Gasteiger partial charge is 0.409 e. The van der Waals surface area contributed by atoms with Crippen molar-refractivity contribution in [1.82, 2.24) is 14.7 Å². The van der Waals surface area contributed by atoms with Gasteiger partial charge in [0, 0.05) is 37.1 Å². The van der Waals surface area contributed by atoms with Crippen LogP contribution in [-0.2, 0) is 9.47 Å². The summed E-state index contributed by atoms with van der Waals surface area (Å²) in [6.07, 6.45) is 5.25. The fraction of sp³-hybridized carbons (Fsp3) is 0.955. The van der Waals surface area contributed by atoms with Crippen molar-refractivity contribution in [3.8, 4) is 0 Å². The number of rotatable bonds is 6. The van der Waals surface area contributed by atoms with Crippen molar-refractivity contribution in [3.05, 3.63) is 0 Å². The van der Waals surface area contributed by atoms with Crippen LogP contribution in [0.2, 0.25) is 0 Å². The Labute approximate surface area is 175 Å². The van der Waals surface area contributed by atoms with Crippen molar-refractivity contribution in [2.75, 3.05) is 52.5 Å². The molecular formula is C22H39N3O4. The number of aliphatic hydroxyl groups excluding tert-OH is 1. The number of likely N-dealkylation sites (tertiary alicyclic amines) is 2. The van der Waals surface area contributed by atoms with E-state index in [1.807, 2.05) is 18.7 Å². The van der Waals surface area contributed by atoms with Crippen LogP contribution in [0.25, 0.3) is 0 Å². The molecule has 3 aliphatic heterocycles. The molecule has 166 valence electrons. The van der Waals surface area contributed by atoms with Crippen LogP contribution in [0.15, 0.2) is 0 Å². The standard InChI is InChI=1S/C22H39N3O4/c1-4-29-20(27)24-10-7-22(14-24)11-19(12-22)23-8-5-18(6-9-23)25(17(2)26)13-21(3)15-28-16-21/h17-19,26H,4-16H2,1-3H3. The number of amides is 1. The topological polar surface area (TPSA) is 65.5 Å². The van der Waals surface area contributed by atoms with Crippen LogP contribution in [0.4, 0.5) is 4.79 Å². The lowest BCUT2D eigenvalue weighted by Crippen LogP contribution is -2.58. The van der Waals surface area contributed by atoms with Gasteiger partial charge in [-0.3, -0.25) is 4.90 Å². The van der Waals surface area contributed by atoms with Crippen LogP contribution in [0.1, 0.15) is 52.9 Å². The van der Waals surface area contributed by atoms with Gasteiger partial charge in [0.05, 0.1) is 19.8 Å². The number of carbonyl (C=O) groups is 1. The van der Waals surface area contributed by atoms with Crippen LogP contribution in [0, 0.1) is 10.8 Å². The van der Waals surface area contributed by atoms with Crippen LogP contribution >= 0.6 is 0 Å². The Morgan fingerprint density at radius 2 is 1.97 bits per heavy atom. The van der Waals surface area contributed by atoms with Crippen LogP contribution in [0.3, 0.4) is 0 Å². The molecule has 0 aromatic heterocycles. The molecule has 3 heterocycles. The van der Waals surface area contributed by atoms with E-state index in [1.54, 1.807) is 0 Å². The lowest BCUT2D eigenvalue weighted by Gasteiger charge is -2.53. The largest absolute Gasteiger partial charge is 0.450 e. The molecule has 1 aliphatic carbocycles. The van der Waals surface area contributed by atoms with E-state index in [2.05, 4.69) is 16.7 Å². The first kappa shape index (κ1) is 21.3. The molecule has 0 aromatic carbocycles. The third-order valence-electron chi connectivity index (χ3n) is 7.73. The minimum atomic E-state index is -0.400. The second-order valence-electron chi connectivity index (χ2n) is 10.3. The summed E-state index contributed by atoms with van der Waals surface area (Å²) in [6, 6.07) is 1.12. The molecule has 1 spiro atoms. The van der Waals surface area contributed by atoms with E-state index in [0.717, 1.165) is 65.2 Å². The minimum absolute atomic E-state index is 0.141. The Morgan fingerprint density at radius 3 is 2.52 bits per heavy atom. The molecule has 29 heavy (non-hydrogen) atoms. The highest BCUT2D eigenvalue weighted by atomic mass is 16.6. The molecular weight excluding hydrogens is 370 g/mol. The number of hydrogen-bond acceptors (Lipinski definition) is 6. The third-order valence-corrected chi connectivity index (χ3v) is 7.73. The Morgan fingerprint density at radius 1 is 1.28 bits per heavy atom. The Hall–Kier alpha value is -0.890. The summed E-state index contributed by atoms with van der Waals surface area (Å²) in [4.78, 5) is 18.9. The summed E-state index contributed by atoms with van der Waals surface area (Å²) in [6.45, 7) is 13.0. The Bertz CT molecular complexity index is 581. The molecule has 0 aromatic rings. The third kappa shape index (κ3) is 4.43. The second kappa shape index (κ2) is 8.33. The zero-order chi connectivity index (χ0) is 20.6. The summed E-state index contributed by atoms with van der Waals surface area (Å²) in [5, 5.41) is 10.4. The summed E-state index contributed by atoms with van der Waals surface area (Å²) in [7, 11) is 0. The first-order valence-electron chi connectivity index (χ1n) is 11.5. The summed E-state index contributed by atoms with van der Waals surface area (Å²) in [5.41, 5.74) is 0.528. The number of carbonyl (C=O) groups excluding carboxylic acids is 1. The minimum Gasteiger partial charge on any atom is -0.450 e. The van der Waals surface area contributed by atoms with Gasteiger partial charge >= 0.3 is 6.09 Å². The molecule has 4 rings (SSSR count). The molecule has 1 amide bonds. The number of piperidine rings is 1. The zero-order valence-electron chi connectivity index (χ0n) is 18.4. The molecule has 1 N–H and O–H groups in total. The molecule has 4 aliphatic rings. The number of ether oxygens (including phenoxy) is 2. The predicted octanol–water partition coefficient (Wildman–Crippen LogP) is 2.14. The number of aliphatic hydroxyl groups is 1. The number of nitrogens with zero attached hydrogens (tertiary/aromatic N) is 3. The van der Waals surface area contributed by atoms with Gasteiger partial charge in [-0.15, -0.1) is 0 Å². The normalized spacial score (nSPS) is 33.6. The summed E-state index contributed by atoms with van der Waals surface area (Å²) < 4.78 is 10.6. The van der Waals surface area contributed by atoms with Gasteiger partial charge in [-0.2, -0.15) is 0 Å². The van der Waals surface area contributed by atoms with E-state index >= 15 is 0 Å². The monoisotopic (exact) mass is 409 g/mol. The van der Waals surface area contributed by atoms with Gasteiger partial charge in [0.2, 0.25) is 0 Å². The van der Waals surface area contributed by atoms with E-state index < -0.39 is 6.23 Å². The lowest BCUT2D eigenvalue weighted by atomic mass is 9.64. The highest BCUT2D eigenvalue weighted by Crippen LogP contribution is 2.50. The first-order valence-corrected chi connectivity index (χ1v) is 11.5. The molecule has 1 atom stereocenters. The van der Waals surface area contributed by atoms with Gasteiger partial charge in [0.15, 0.2) is 0 Å². The highest BCUT2D eigenvalue weighted by Gasteiger charge is 2.51. The van der Waals surface area contributed by atoms with Crippen LogP contribution < -0.4 is 0 Å². The van der Waals surface area contributed by atoms with Crippen molar-refractivity contribution >= 4 is 6.09 Å². The number of hydrogen-bond donors (Lipinski definition) is 1. The predicted molar refractivity (Wildman–Crippen MR) is 111 cm³/mol. The molecule has 1 saturated carbocycles. The van der Waals surface area contributed by atoms with Crippen molar-refractivity contribution in [2.24, 2.45) is 10.8 Å². The van der Waals surface area contributed by atoms with E-state index in [1.165, 1.54) is 12.8 Å². The van der Waals surface area contributed by atoms with Crippen LogP contribution in [-0.4, -0.2) is 96.8 Å². The van der Waals surface area contributed by atoms with Gasteiger partial charge in [-0.25, -0.2) is 4.79 Å². The lowest BCUT2D eigenvalue weighted by molar-refractivity contribution is -0.144. The maximum atomic E-state index is 12.0. The molecule has 0 bridgehead atoms. The van der Waals surface area contributed by atoms with Crippen LogP contribution in [0.5, 0.6) is 0 Å². The van der Waals surface area contributed by atoms with Crippen molar-refractivity contribution in [1.29, 1.82) is 0 Å². The van der Waals surface area contributed by atoms with Gasteiger partial charge in [-0.05, 0) is 64.5 Å². The van der Waals surface area contributed by atoms with E-state index in [-0.39, 0.29) is 11.5 Å². The van der Waals surface area contributed by atoms with Crippen molar-refractivity contribution in [3.63, 3.8) is 0 Å². The average Bonchev–Trinajstić information content (AvgIpc) is 3.10. The maximum Gasteiger partial charge on any atom is 0.409 e. The first-order chi connectivity index (χ1) is 13.8. The van der Waals surface area contributed by atoms with Crippen molar-refractivity contribution in [2.45, 2.75) is 71.2 Å². The molecule has 4 fully saturated rings. The molecule has 0 radical (unpaired) electrons. The second-order valence-corrected chi connectivity index (χ2v) is 10.3. The molecule has 1 unspecified atom stereocenters. The van der Waals surface area contributed by atoms with Gasteiger partial charge < -0.3 is 24.4 Å². The van der Waals surface area contributed by atoms with E-state index in [9.17, 15) is 9.90 Å². The zero-order valence-corrected chi connectivity index (χ0v) is 18.4. The van der Waals surface area contributed by atoms with Gasteiger partial charge in [0.25, 0.3) is 0 Å². The average molecular weight is 410 g/mol. The Balaban J connectivity index is 1.23. The molecule has 3 saturated heterocycles. The highest BCUT2D eigenvalue weighted by molar-refractivity contribution is 5.68. The SMILES string of the molecule is CCOC(=O)N1CCC2(CC(N3CCC(N(CC4(C)COC4)C(C)O)CC3)C2)C1. The maximum absolute atomic E-state index is 12.0. The summed E-state index contributed by atoms with van der Waals surface area (Å²) in [5.74, 6) is 0. The fourth-order valence-corrected chi connectivity index (χ4v) is 5.97. The Kier molecular flexibility index (Phi) is 6.13. The summed E-state index contributed by atoms with van der Waals surface area (Å²) >= 11 is 0. The van der Waals surface area contributed by atoms with Gasteiger partial charge in [-0.1, -0.05) is 6.92 Å². The van der Waals surface area contributed by atoms with E-state index in [4.69, 9.17) is 9.47 Å². The molecule has 7 heteroatoms. The fourth-order valence-electron chi connectivity index (χ4n) is 5.97.